The molecule has 0 N–H and O–H groups in total. The van der Waals surface area contributed by atoms with Gasteiger partial charge in [-0.05, 0) is 38.1 Å². The molecule has 3 rings (SSSR count). The molecule has 3 heteroatoms. The van der Waals surface area contributed by atoms with E-state index in [1.807, 2.05) is 38.1 Å². The van der Waals surface area contributed by atoms with Crippen LogP contribution in [-0.2, 0) is 0 Å². The highest BCUT2D eigenvalue weighted by molar-refractivity contribution is 9.10. The highest BCUT2D eigenvalue weighted by atomic mass is 79.9. The lowest BCUT2D eigenvalue weighted by Crippen LogP contribution is -1.84. The second kappa shape index (κ2) is 3.32. The zero-order valence-corrected chi connectivity index (χ0v) is 10.6. The molecule has 0 bridgehead atoms. The number of halogens is 1. The lowest BCUT2D eigenvalue weighted by atomic mass is 10.1. The predicted molar refractivity (Wildman–Crippen MR) is 68.7 cm³/mol. The van der Waals surface area contributed by atoms with Gasteiger partial charge in [-0.15, -0.1) is 0 Å². The molecule has 80 valence electrons. The van der Waals surface area contributed by atoms with Crippen LogP contribution in [0.1, 0.15) is 11.5 Å². The van der Waals surface area contributed by atoms with Crippen LogP contribution in [0.15, 0.2) is 33.2 Å². The van der Waals surface area contributed by atoms with Gasteiger partial charge in [0.15, 0.2) is 0 Å². The third-order valence-corrected chi connectivity index (χ3v) is 3.23. The van der Waals surface area contributed by atoms with Crippen LogP contribution in [0.4, 0.5) is 0 Å². The van der Waals surface area contributed by atoms with Gasteiger partial charge in [-0.25, -0.2) is 0 Å². The smallest absolute Gasteiger partial charge is 0.145 e. The molecule has 2 aromatic heterocycles. The number of hydrogen-bond acceptors (Lipinski definition) is 2. The molecule has 0 spiro atoms. The Morgan fingerprint density at radius 3 is 2.75 bits per heavy atom. The first-order valence-corrected chi connectivity index (χ1v) is 5.90. The molecule has 1 aromatic carbocycles. The quantitative estimate of drug-likeness (QED) is 0.609. The van der Waals surface area contributed by atoms with E-state index in [-0.39, 0.29) is 0 Å². The molecule has 0 aliphatic heterocycles. The maximum Gasteiger partial charge on any atom is 0.145 e. The Hall–Kier alpha value is -1.35. The summed E-state index contributed by atoms with van der Waals surface area (Å²) in [6, 6.07) is 8.09. The molecule has 0 aliphatic rings. The summed E-state index contributed by atoms with van der Waals surface area (Å²) in [4.78, 5) is 4.58. The van der Waals surface area contributed by atoms with Gasteiger partial charge in [0.1, 0.15) is 11.3 Å². The van der Waals surface area contributed by atoms with Crippen LogP contribution < -0.4 is 0 Å². The van der Waals surface area contributed by atoms with E-state index >= 15 is 0 Å². The molecule has 0 radical (unpaired) electrons. The van der Waals surface area contributed by atoms with Gasteiger partial charge in [0.2, 0.25) is 0 Å². The largest absolute Gasteiger partial charge is 0.461 e. The minimum absolute atomic E-state index is 0.923. The average molecular weight is 276 g/mol. The Labute approximate surface area is 101 Å². The first kappa shape index (κ1) is 9.85. The molecule has 0 fully saturated rings. The standard InChI is InChI=1S/C13H10BrNO/c1-7-5-10-8(2)15-12-4-3-9(14)6-11(12)13(10)16-7/h3-6H,1-2H3. The van der Waals surface area contributed by atoms with Crippen molar-refractivity contribution in [3.05, 3.63) is 40.2 Å². The van der Waals surface area contributed by atoms with Gasteiger partial charge in [-0.3, -0.25) is 4.98 Å². The summed E-state index contributed by atoms with van der Waals surface area (Å²) in [7, 11) is 0. The first-order chi connectivity index (χ1) is 7.65. The summed E-state index contributed by atoms with van der Waals surface area (Å²) in [5, 5.41) is 2.16. The minimum Gasteiger partial charge on any atom is -0.461 e. The van der Waals surface area contributed by atoms with Crippen LogP contribution in [-0.4, -0.2) is 4.98 Å². The van der Waals surface area contributed by atoms with Gasteiger partial charge in [0, 0.05) is 20.9 Å². The first-order valence-electron chi connectivity index (χ1n) is 5.11. The van der Waals surface area contributed by atoms with E-state index in [1.165, 1.54) is 0 Å². The molecule has 0 aliphatic carbocycles. The zero-order chi connectivity index (χ0) is 11.3. The maximum absolute atomic E-state index is 5.76. The molecule has 0 unspecified atom stereocenters. The fraction of sp³-hybridized carbons (Fsp3) is 0.154. The lowest BCUT2D eigenvalue weighted by molar-refractivity contribution is 0.581. The van der Waals surface area contributed by atoms with E-state index in [0.29, 0.717) is 0 Å². The van der Waals surface area contributed by atoms with E-state index in [9.17, 15) is 0 Å². The van der Waals surface area contributed by atoms with Crippen molar-refractivity contribution in [3.63, 3.8) is 0 Å². The van der Waals surface area contributed by atoms with Crippen molar-refractivity contribution in [2.45, 2.75) is 13.8 Å². The van der Waals surface area contributed by atoms with E-state index < -0.39 is 0 Å². The number of aromatic nitrogens is 1. The van der Waals surface area contributed by atoms with Crippen molar-refractivity contribution in [3.8, 4) is 0 Å². The number of furan rings is 1. The number of pyridine rings is 1. The summed E-state index contributed by atoms with van der Waals surface area (Å²) in [5.74, 6) is 0.923. The van der Waals surface area contributed by atoms with E-state index in [0.717, 1.165) is 37.8 Å². The second-order valence-corrected chi connectivity index (χ2v) is 4.87. The summed E-state index contributed by atoms with van der Waals surface area (Å²) >= 11 is 3.47. The number of aryl methyl sites for hydroxylation is 2. The van der Waals surface area contributed by atoms with Crippen molar-refractivity contribution >= 4 is 37.8 Å². The molecule has 3 aromatic rings. The van der Waals surface area contributed by atoms with Crippen molar-refractivity contribution in [2.24, 2.45) is 0 Å². The van der Waals surface area contributed by atoms with Gasteiger partial charge < -0.3 is 4.42 Å². The van der Waals surface area contributed by atoms with E-state index in [4.69, 9.17) is 4.42 Å². The Morgan fingerprint density at radius 1 is 1.12 bits per heavy atom. The normalized spacial score (nSPS) is 11.4. The fourth-order valence-electron chi connectivity index (χ4n) is 2.01. The van der Waals surface area contributed by atoms with Gasteiger partial charge in [-0.2, -0.15) is 0 Å². The van der Waals surface area contributed by atoms with Crippen molar-refractivity contribution in [1.82, 2.24) is 4.98 Å². The highest BCUT2D eigenvalue weighted by Crippen LogP contribution is 2.30. The molecule has 0 amide bonds. The van der Waals surface area contributed by atoms with Crippen molar-refractivity contribution in [2.75, 3.05) is 0 Å². The monoisotopic (exact) mass is 275 g/mol. The SMILES string of the molecule is Cc1cc2c(C)nc3ccc(Br)cc3c2o1. The molecule has 2 heterocycles. The Balaban J connectivity index is 2.59. The zero-order valence-electron chi connectivity index (χ0n) is 9.04. The molecular formula is C13H10BrNO. The molecule has 0 saturated heterocycles. The van der Waals surface area contributed by atoms with Crippen LogP contribution in [0, 0.1) is 13.8 Å². The van der Waals surface area contributed by atoms with Crippen LogP contribution >= 0.6 is 15.9 Å². The Kier molecular flexibility index (Phi) is 2.04. The second-order valence-electron chi connectivity index (χ2n) is 3.96. The highest BCUT2D eigenvalue weighted by Gasteiger charge is 2.10. The third-order valence-electron chi connectivity index (χ3n) is 2.74. The summed E-state index contributed by atoms with van der Waals surface area (Å²) < 4.78 is 6.80. The minimum atomic E-state index is 0.923. The van der Waals surface area contributed by atoms with Crippen molar-refractivity contribution < 1.29 is 4.42 Å². The topological polar surface area (TPSA) is 26.0 Å². The average Bonchev–Trinajstić information content (AvgIpc) is 2.62. The van der Waals surface area contributed by atoms with Gasteiger partial charge in [0.05, 0.1) is 5.52 Å². The third kappa shape index (κ3) is 1.35. The molecule has 2 nitrogen and oxygen atoms in total. The fourth-order valence-corrected chi connectivity index (χ4v) is 2.37. The Morgan fingerprint density at radius 2 is 1.94 bits per heavy atom. The van der Waals surface area contributed by atoms with Gasteiger partial charge >= 0.3 is 0 Å². The molecule has 0 atom stereocenters. The van der Waals surface area contributed by atoms with Gasteiger partial charge in [0.25, 0.3) is 0 Å². The number of nitrogens with zero attached hydrogens (tertiary/aromatic N) is 1. The van der Waals surface area contributed by atoms with Crippen LogP contribution in [0.5, 0.6) is 0 Å². The molecular weight excluding hydrogens is 266 g/mol. The number of benzene rings is 1. The van der Waals surface area contributed by atoms with Crippen LogP contribution in [0.3, 0.4) is 0 Å². The maximum atomic E-state index is 5.76. The van der Waals surface area contributed by atoms with E-state index in [2.05, 4.69) is 20.9 Å². The van der Waals surface area contributed by atoms with E-state index in [1.54, 1.807) is 0 Å². The van der Waals surface area contributed by atoms with Crippen molar-refractivity contribution in [1.29, 1.82) is 0 Å². The number of fused-ring (bicyclic) bond motifs is 3. The summed E-state index contributed by atoms with van der Waals surface area (Å²) in [5.41, 5.74) is 2.92. The summed E-state index contributed by atoms with van der Waals surface area (Å²) in [6.45, 7) is 3.97. The predicted octanol–water partition coefficient (Wildman–Crippen LogP) is 4.36. The summed E-state index contributed by atoms with van der Waals surface area (Å²) in [6.07, 6.45) is 0. The molecule has 16 heavy (non-hydrogen) atoms. The molecule has 0 saturated carbocycles. The van der Waals surface area contributed by atoms with Crippen LogP contribution in [0.25, 0.3) is 21.9 Å². The number of rotatable bonds is 0. The number of hydrogen-bond donors (Lipinski definition) is 0. The Bertz CT molecular complexity index is 700. The van der Waals surface area contributed by atoms with Crippen LogP contribution in [0.2, 0.25) is 0 Å². The lowest BCUT2D eigenvalue weighted by Gasteiger charge is -2.01. The van der Waals surface area contributed by atoms with Gasteiger partial charge in [-0.1, -0.05) is 15.9 Å².